The number of pyridine rings is 1. The van der Waals surface area contributed by atoms with E-state index in [1.54, 1.807) is 6.33 Å². The molecule has 1 aliphatic heterocycles. The molecule has 1 fully saturated rings. The molecule has 0 aromatic carbocycles. The number of aromatic nitrogens is 3. The van der Waals surface area contributed by atoms with Crippen molar-refractivity contribution in [2.75, 3.05) is 18.0 Å². The third kappa shape index (κ3) is 2.79. The van der Waals surface area contributed by atoms with E-state index in [1.165, 1.54) is 18.5 Å². The van der Waals surface area contributed by atoms with Crippen molar-refractivity contribution in [2.24, 2.45) is 0 Å². The fourth-order valence-electron chi connectivity index (χ4n) is 2.83. The average molecular weight is 268 g/mol. The molecule has 4 nitrogen and oxygen atoms in total. The van der Waals surface area contributed by atoms with Crippen LogP contribution in [-0.2, 0) is 0 Å². The first-order chi connectivity index (χ1) is 9.72. The molecule has 1 atom stereocenters. The van der Waals surface area contributed by atoms with Crippen LogP contribution in [0.15, 0.2) is 30.6 Å². The summed E-state index contributed by atoms with van der Waals surface area (Å²) in [6, 6.07) is 8.36. The standard InChI is InChI=1S/C16H20N4/c1-12-5-3-7-15(19-12)14-6-4-8-20(10-14)16-9-13(2)17-11-18-16/h3,5,7,9,11,14H,4,6,8,10H2,1-2H3. The smallest absolute Gasteiger partial charge is 0.132 e. The molecule has 3 rings (SSSR count). The van der Waals surface area contributed by atoms with Crippen molar-refractivity contribution in [3.05, 3.63) is 47.7 Å². The number of hydrogen-bond donors (Lipinski definition) is 0. The maximum atomic E-state index is 4.68. The van der Waals surface area contributed by atoms with Gasteiger partial charge in [-0.25, -0.2) is 9.97 Å². The number of piperidine rings is 1. The van der Waals surface area contributed by atoms with Crippen molar-refractivity contribution in [1.82, 2.24) is 15.0 Å². The number of hydrogen-bond acceptors (Lipinski definition) is 4. The molecule has 1 saturated heterocycles. The van der Waals surface area contributed by atoms with E-state index in [0.717, 1.165) is 30.3 Å². The lowest BCUT2D eigenvalue weighted by Crippen LogP contribution is -2.35. The quantitative estimate of drug-likeness (QED) is 0.840. The van der Waals surface area contributed by atoms with Gasteiger partial charge < -0.3 is 4.90 Å². The van der Waals surface area contributed by atoms with Crippen molar-refractivity contribution in [3.8, 4) is 0 Å². The molecule has 104 valence electrons. The molecular formula is C16H20N4. The Labute approximate surface area is 119 Å². The molecule has 2 aromatic rings. The third-order valence-electron chi connectivity index (χ3n) is 3.86. The lowest BCUT2D eigenvalue weighted by atomic mass is 9.94. The Kier molecular flexibility index (Phi) is 3.63. The monoisotopic (exact) mass is 268 g/mol. The van der Waals surface area contributed by atoms with Crippen LogP contribution in [0.3, 0.4) is 0 Å². The van der Waals surface area contributed by atoms with Crippen LogP contribution in [0.4, 0.5) is 5.82 Å². The maximum Gasteiger partial charge on any atom is 0.132 e. The van der Waals surface area contributed by atoms with Crippen molar-refractivity contribution in [2.45, 2.75) is 32.6 Å². The first kappa shape index (κ1) is 13.0. The molecular weight excluding hydrogens is 248 g/mol. The molecule has 0 N–H and O–H groups in total. The molecule has 1 unspecified atom stereocenters. The van der Waals surface area contributed by atoms with Crippen LogP contribution in [0.5, 0.6) is 0 Å². The Balaban J connectivity index is 1.80. The molecule has 20 heavy (non-hydrogen) atoms. The highest BCUT2D eigenvalue weighted by Crippen LogP contribution is 2.28. The summed E-state index contributed by atoms with van der Waals surface area (Å²) in [6.45, 7) is 6.12. The molecule has 0 amide bonds. The van der Waals surface area contributed by atoms with E-state index in [9.17, 15) is 0 Å². The van der Waals surface area contributed by atoms with Gasteiger partial charge in [0.05, 0.1) is 0 Å². The Morgan fingerprint density at radius 2 is 2.05 bits per heavy atom. The zero-order chi connectivity index (χ0) is 13.9. The second-order valence-electron chi connectivity index (χ2n) is 5.51. The summed E-state index contributed by atoms with van der Waals surface area (Å²) in [7, 11) is 0. The predicted octanol–water partition coefficient (Wildman–Crippen LogP) is 2.87. The van der Waals surface area contributed by atoms with Crippen molar-refractivity contribution in [3.63, 3.8) is 0 Å². The molecule has 2 aromatic heterocycles. The fraction of sp³-hybridized carbons (Fsp3) is 0.438. The van der Waals surface area contributed by atoms with E-state index in [2.05, 4.69) is 51.0 Å². The van der Waals surface area contributed by atoms with Gasteiger partial charge in [0.1, 0.15) is 12.1 Å². The summed E-state index contributed by atoms with van der Waals surface area (Å²) >= 11 is 0. The van der Waals surface area contributed by atoms with Gasteiger partial charge in [-0.05, 0) is 38.8 Å². The van der Waals surface area contributed by atoms with Crippen molar-refractivity contribution < 1.29 is 0 Å². The largest absolute Gasteiger partial charge is 0.356 e. The van der Waals surface area contributed by atoms with Gasteiger partial charge in [0, 0.05) is 42.2 Å². The van der Waals surface area contributed by atoms with Gasteiger partial charge in [0.2, 0.25) is 0 Å². The van der Waals surface area contributed by atoms with Gasteiger partial charge >= 0.3 is 0 Å². The molecule has 3 heterocycles. The van der Waals surface area contributed by atoms with Gasteiger partial charge in [0.15, 0.2) is 0 Å². The number of nitrogens with zero attached hydrogens (tertiary/aromatic N) is 4. The van der Waals surface area contributed by atoms with Gasteiger partial charge in [-0.3, -0.25) is 4.98 Å². The van der Waals surface area contributed by atoms with E-state index in [-0.39, 0.29) is 0 Å². The Morgan fingerprint density at radius 3 is 2.85 bits per heavy atom. The van der Waals surface area contributed by atoms with Gasteiger partial charge in [-0.1, -0.05) is 6.07 Å². The second kappa shape index (κ2) is 5.57. The number of aryl methyl sites for hydroxylation is 2. The summed E-state index contributed by atoms with van der Waals surface area (Å²) in [6.07, 6.45) is 4.04. The molecule has 0 aliphatic carbocycles. The zero-order valence-corrected chi connectivity index (χ0v) is 12.1. The van der Waals surface area contributed by atoms with Gasteiger partial charge in [0.25, 0.3) is 0 Å². The summed E-state index contributed by atoms with van der Waals surface area (Å²) < 4.78 is 0. The lowest BCUT2D eigenvalue weighted by Gasteiger charge is -2.33. The van der Waals surface area contributed by atoms with Crippen LogP contribution in [0.1, 0.15) is 35.8 Å². The molecule has 0 spiro atoms. The highest BCUT2D eigenvalue weighted by atomic mass is 15.2. The van der Waals surface area contributed by atoms with Crippen LogP contribution >= 0.6 is 0 Å². The number of rotatable bonds is 2. The van der Waals surface area contributed by atoms with Crippen LogP contribution in [0.25, 0.3) is 0 Å². The number of anilines is 1. The van der Waals surface area contributed by atoms with E-state index in [4.69, 9.17) is 0 Å². The minimum absolute atomic E-state index is 0.499. The van der Waals surface area contributed by atoms with Crippen LogP contribution in [0.2, 0.25) is 0 Å². The van der Waals surface area contributed by atoms with E-state index >= 15 is 0 Å². The summed E-state index contributed by atoms with van der Waals surface area (Å²) in [5, 5.41) is 0. The first-order valence-electron chi connectivity index (χ1n) is 7.19. The first-order valence-corrected chi connectivity index (χ1v) is 7.19. The maximum absolute atomic E-state index is 4.68. The molecule has 1 aliphatic rings. The summed E-state index contributed by atoms with van der Waals surface area (Å²) in [5.74, 6) is 1.54. The normalized spacial score (nSPS) is 19.1. The van der Waals surface area contributed by atoms with Crippen LogP contribution in [0, 0.1) is 13.8 Å². The Morgan fingerprint density at radius 1 is 1.15 bits per heavy atom. The summed E-state index contributed by atoms with van der Waals surface area (Å²) in [5.41, 5.74) is 3.32. The topological polar surface area (TPSA) is 41.9 Å². The molecule has 0 saturated carbocycles. The Hall–Kier alpha value is -1.97. The molecule has 4 heteroatoms. The van der Waals surface area contributed by atoms with Crippen LogP contribution in [-0.4, -0.2) is 28.0 Å². The van der Waals surface area contributed by atoms with E-state index in [1.807, 2.05) is 6.92 Å². The minimum Gasteiger partial charge on any atom is -0.356 e. The highest BCUT2D eigenvalue weighted by Gasteiger charge is 2.23. The van der Waals surface area contributed by atoms with E-state index < -0.39 is 0 Å². The SMILES string of the molecule is Cc1cc(N2CCCC(c3cccc(C)n3)C2)ncn1. The minimum atomic E-state index is 0.499. The highest BCUT2D eigenvalue weighted by molar-refractivity contribution is 5.40. The zero-order valence-electron chi connectivity index (χ0n) is 12.1. The van der Waals surface area contributed by atoms with E-state index in [0.29, 0.717) is 5.92 Å². The lowest BCUT2D eigenvalue weighted by molar-refractivity contribution is 0.497. The van der Waals surface area contributed by atoms with Gasteiger partial charge in [-0.2, -0.15) is 0 Å². The van der Waals surface area contributed by atoms with Crippen molar-refractivity contribution >= 4 is 5.82 Å². The fourth-order valence-corrected chi connectivity index (χ4v) is 2.83. The third-order valence-corrected chi connectivity index (χ3v) is 3.86. The predicted molar refractivity (Wildman–Crippen MR) is 79.9 cm³/mol. The summed E-state index contributed by atoms with van der Waals surface area (Å²) in [4.78, 5) is 15.6. The van der Waals surface area contributed by atoms with Crippen molar-refractivity contribution in [1.29, 1.82) is 0 Å². The Bertz CT molecular complexity index is 545. The van der Waals surface area contributed by atoms with Gasteiger partial charge in [-0.15, -0.1) is 0 Å². The second-order valence-corrected chi connectivity index (χ2v) is 5.51. The molecule has 0 bridgehead atoms. The molecule has 0 radical (unpaired) electrons. The van der Waals surface area contributed by atoms with Crippen LogP contribution < -0.4 is 4.90 Å². The average Bonchev–Trinajstić information content (AvgIpc) is 2.47.